The first-order valence-corrected chi connectivity index (χ1v) is 10.5. The van der Waals surface area contributed by atoms with Crippen molar-refractivity contribution >= 4 is 11.6 Å². The number of aryl methyl sites for hydroxylation is 1. The normalized spacial score (nSPS) is 13.1. The largest absolute Gasteiger partial charge is 0.349 e. The lowest BCUT2D eigenvalue weighted by Gasteiger charge is -2.11. The topological polar surface area (TPSA) is 80.3 Å². The molecule has 8 nitrogen and oxygen atoms in total. The van der Waals surface area contributed by atoms with Crippen LogP contribution in [-0.4, -0.2) is 62.1 Å². The number of rotatable bonds is 6. The van der Waals surface area contributed by atoms with E-state index in [1.54, 1.807) is 12.4 Å². The predicted octanol–water partition coefficient (Wildman–Crippen LogP) is 2.50. The molecule has 1 aliphatic heterocycles. The van der Waals surface area contributed by atoms with Crippen molar-refractivity contribution < 1.29 is 4.79 Å². The zero-order valence-corrected chi connectivity index (χ0v) is 17.7. The Balaban J connectivity index is 1.57. The number of likely N-dealkylation sites (N-methyl/N-ethyl adjacent to an activating group) is 1. The molecule has 0 fully saturated rings. The summed E-state index contributed by atoms with van der Waals surface area (Å²) in [5.41, 5.74) is 6.32. The molecule has 5 heterocycles. The first kappa shape index (κ1) is 19.4. The number of hydrogen-bond donors (Lipinski definition) is 1. The number of nitrogens with one attached hydrogen (secondary N) is 1. The molecule has 31 heavy (non-hydrogen) atoms. The number of carbonyl (C=O) groups is 1. The molecule has 0 radical (unpaired) electrons. The Labute approximate surface area is 180 Å². The quantitative estimate of drug-likeness (QED) is 0.523. The van der Waals surface area contributed by atoms with E-state index in [4.69, 9.17) is 5.10 Å². The summed E-state index contributed by atoms with van der Waals surface area (Å²) in [6.07, 6.45) is 7.48. The van der Waals surface area contributed by atoms with E-state index in [1.807, 2.05) is 53.9 Å². The average molecular weight is 416 g/mol. The zero-order chi connectivity index (χ0) is 21.4. The van der Waals surface area contributed by atoms with Crippen LogP contribution in [0.15, 0.2) is 48.9 Å². The van der Waals surface area contributed by atoms with E-state index in [0.29, 0.717) is 12.2 Å². The fraction of sp³-hybridized carbons (Fsp3) is 0.304. The van der Waals surface area contributed by atoms with Gasteiger partial charge in [-0.1, -0.05) is 6.07 Å². The second-order valence-electron chi connectivity index (χ2n) is 8.06. The van der Waals surface area contributed by atoms with Crippen molar-refractivity contribution in [2.45, 2.75) is 19.4 Å². The van der Waals surface area contributed by atoms with E-state index in [1.165, 1.54) is 5.69 Å². The highest BCUT2D eigenvalue weighted by Crippen LogP contribution is 2.36. The monoisotopic (exact) mass is 415 g/mol. The third kappa shape index (κ3) is 3.59. The number of carbonyl (C=O) groups excluding carboxylic acids is 1. The van der Waals surface area contributed by atoms with Crippen LogP contribution in [0.5, 0.6) is 0 Å². The summed E-state index contributed by atoms with van der Waals surface area (Å²) < 4.78 is 3.95. The van der Waals surface area contributed by atoms with E-state index in [-0.39, 0.29) is 5.91 Å². The molecule has 1 aliphatic rings. The maximum Gasteiger partial charge on any atom is 0.269 e. The molecule has 158 valence electrons. The highest BCUT2D eigenvalue weighted by molar-refractivity contribution is 5.93. The molecule has 4 aromatic rings. The predicted molar refractivity (Wildman–Crippen MR) is 119 cm³/mol. The molecule has 0 unspecified atom stereocenters. The van der Waals surface area contributed by atoms with Crippen LogP contribution >= 0.6 is 0 Å². The maximum atomic E-state index is 12.8. The molecule has 0 bridgehead atoms. The molecular weight excluding hydrogens is 390 g/mol. The van der Waals surface area contributed by atoms with Gasteiger partial charge >= 0.3 is 0 Å². The van der Waals surface area contributed by atoms with E-state index in [9.17, 15) is 4.79 Å². The minimum atomic E-state index is -0.128. The summed E-state index contributed by atoms with van der Waals surface area (Å²) >= 11 is 0. The minimum absolute atomic E-state index is 0.128. The SMILES string of the molecule is CN(C)CCNC(=O)c1cnc2ccc(-c3c(-c4ccccn4)nn4c3CCC4)cn12. The molecule has 0 atom stereocenters. The summed E-state index contributed by atoms with van der Waals surface area (Å²) in [5, 5.41) is 7.84. The highest BCUT2D eigenvalue weighted by atomic mass is 16.1. The Kier molecular flexibility index (Phi) is 4.99. The number of aromatic nitrogens is 5. The van der Waals surface area contributed by atoms with E-state index >= 15 is 0 Å². The van der Waals surface area contributed by atoms with Gasteiger partial charge in [-0.2, -0.15) is 5.10 Å². The second kappa shape index (κ2) is 7.96. The molecule has 8 heteroatoms. The van der Waals surface area contributed by atoms with Crippen LogP contribution in [0, 0.1) is 0 Å². The highest BCUT2D eigenvalue weighted by Gasteiger charge is 2.25. The van der Waals surface area contributed by atoms with Crippen LogP contribution in [0.1, 0.15) is 22.6 Å². The Morgan fingerprint density at radius 3 is 2.90 bits per heavy atom. The Hall–Kier alpha value is -3.52. The molecular formula is C23H25N7O. The van der Waals surface area contributed by atoms with Crippen molar-refractivity contribution in [1.82, 2.24) is 34.4 Å². The van der Waals surface area contributed by atoms with Gasteiger partial charge in [-0.3, -0.25) is 18.9 Å². The second-order valence-corrected chi connectivity index (χ2v) is 8.06. The molecule has 0 saturated heterocycles. The number of amides is 1. The number of imidazole rings is 1. The molecule has 4 aromatic heterocycles. The number of pyridine rings is 2. The van der Waals surface area contributed by atoms with Crippen molar-refractivity contribution in [3.8, 4) is 22.5 Å². The zero-order valence-electron chi connectivity index (χ0n) is 17.7. The number of fused-ring (bicyclic) bond motifs is 2. The summed E-state index contributed by atoms with van der Waals surface area (Å²) in [4.78, 5) is 23.7. The number of nitrogens with zero attached hydrogens (tertiary/aromatic N) is 6. The fourth-order valence-electron chi connectivity index (χ4n) is 4.10. The summed E-state index contributed by atoms with van der Waals surface area (Å²) in [6, 6.07) is 9.88. The van der Waals surface area contributed by atoms with Crippen molar-refractivity contribution in [1.29, 1.82) is 0 Å². The van der Waals surface area contributed by atoms with Crippen molar-refractivity contribution in [2.24, 2.45) is 0 Å². The Morgan fingerprint density at radius 1 is 1.19 bits per heavy atom. The van der Waals surface area contributed by atoms with Crippen molar-refractivity contribution in [3.63, 3.8) is 0 Å². The molecule has 5 rings (SSSR count). The molecule has 1 N–H and O–H groups in total. The lowest BCUT2D eigenvalue weighted by molar-refractivity contribution is 0.0945. The fourth-order valence-corrected chi connectivity index (χ4v) is 4.10. The third-order valence-corrected chi connectivity index (χ3v) is 5.62. The van der Waals surface area contributed by atoms with Gasteiger partial charge in [-0.25, -0.2) is 4.98 Å². The Morgan fingerprint density at radius 2 is 2.10 bits per heavy atom. The van der Waals surface area contributed by atoms with E-state index in [0.717, 1.165) is 54.1 Å². The smallest absolute Gasteiger partial charge is 0.269 e. The first-order chi connectivity index (χ1) is 15.1. The third-order valence-electron chi connectivity index (χ3n) is 5.62. The average Bonchev–Trinajstić information content (AvgIpc) is 3.47. The minimum Gasteiger partial charge on any atom is -0.349 e. The van der Waals surface area contributed by atoms with Gasteiger partial charge in [0.2, 0.25) is 0 Å². The van der Waals surface area contributed by atoms with E-state index < -0.39 is 0 Å². The standard InChI is InChI=1S/C23H25N7O/c1-28(2)13-11-25-23(31)19-14-26-20-9-8-16(15-29(19)20)21-18-7-5-12-30(18)27-22(21)17-6-3-4-10-24-17/h3-4,6,8-10,14-15H,5,7,11-13H2,1-2H3,(H,25,31). The van der Waals surface area contributed by atoms with Gasteiger partial charge in [0.1, 0.15) is 17.0 Å². The van der Waals surface area contributed by atoms with Gasteiger partial charge in [0.25, 0.3) is 5.91 Å². The van der Waals surface area contributed by atoms with Crippen molar-refractivity contribution in [2.75, 3.05) is 27.2 Å². The van der Waals surface area contributed by atoms with Crippen LogP contribution in [0.4, 0.5) is 0 Å². The molecule has 0 aliphatic carbocycles. The van der Waals surface area contributed by atoms with Gasteiger partial charge in [0, 0.05) is 48.8 Å². The summed E-state index contributed by atoms with van der Waals surface area (Å²) in [5.74, 6) is -0.128. The Bertz CT molecular complexity index is 1240. The number of hydrogen-bond acceptors (Lipinski definition) is 5. The van der Waals surface area contributed by atoms with Crippen LogP contribution < -0.4 is 5.32 Å². The van der Waals surface area contributed by atoms with Gasteiger partial charge in [0.15, 0.2) is 0 Å². The molecule has 1 amide bonds. The molecule has 0 aromatic carbocycles. The lowest BCUT2D eigenvalue weighted by Crippen LogP contribution is -2.31. The van der Waals surface area contributed by atoms with Crippen molar-refractivity contribution in [3.05, 3.63) is 60.3 Å². The van der Waals surface area contributed by atoms with Crippen LogP contribution in [-0.2, 0) is 13.0 Å². The van der Waals surface area contributed by atoms with Crippen LogP contribution in [0.25, 0.3) is 28.2 Å². The maximum absolute atomic E-state index is 12.8. The lowest BCUT2D eigenvalue weighted by atomic mass is 10.0. The van der Waals surface area contributed by atoms with Crippen LogP contribution in [0.3, 0.4) is 0 Å². The van der Waals surface area contributed by atoms with Gasteiger partial charge < -0.3 is 10.2 Å². The molecule has 0 saturated carbocycles. The molecule has 0 spiro atoms. The van der Waals surface area contributed by atoms with Crippen LogP contribution in [0.2, 0.25) is 0 Å². The van der Waals surface area contributed by atoms with Gasteiger partial charge in [-0.05, 0) is 51.2 Å². The summed E-state index contributed by atoms with van der Waals surface area (Å²) in [7, 11) is 3.96. The van der Waals surface area contributed by atoms with Gasteiger partial charge in [-0.15, -0.1) is 0 Å². The van der Waals surface area contributed by atoms with E-state index in [2.05, 4.69) is 26.0 Å². The summed E-state index contributed by atoms with van der Waals surface area (Å²) in [6.45, 7) is 2.28. The van der Waals surface area contributed by atoms with Gasteiger partial charge in [0.05, 0.1) is 11.9 Å². The first-order valence-electron chi connectivity index (χ1n) is 10.5.